The minimum atomic E-state index is -3.54. The number of hydrogen-bond acceptors (Lipinski definition) is 3. The molecule has 2 aromatic rings. The van der Waals surface area contributed by atoms with Gasteiger partial charge in [-0.2, -0.15) is 0 Å². The SMILES string of the molecule is Cc1ccc(S(=O)(=O)C[C@]2(Br)CCc3ccccc3C2=O)cc1. The molecule has 3 rings (SSSR count). The normalized spacial score (nSPS) is 21.0. The van der Waals surface area contributed by atoms with Crippen molar-refractivity contribution in [2.45, 2.75) is 29.0 Å². The zero-order valence-corrected chi connectivity index (χ0v) is 15.2. The van der Waals surface area contributed by atoms with Crippen LogP contribution in [0.25, 0.3) is 0 Å². The Morgan fingerprint density at radius 1 is 1.09 bits per heavy atom. The number of carbonyl (C=O) groups is 1. The molecule has 0 aliphatic heterocycles. The van der Waals surface area contributed by atoms with Gasteiger partial charge in [0, 0.05) is 5.56 Å². The van der Waals surface area contributed by atoms with Crippen LogP contribution in [0.15, 0.2) is 53.4 Å². The quantitative estimate of drug-likeness (QED) is 0.747. The molecule has 0 amide bonds. The maximum Gasteiger partial charge on any atom is 0.180 e. The lowest BCUT2D eigenvalue weighted by molar-refractivity contribution is 0.0941. The van der Waals surface area contributed by atoms with Gasteiger partial charge in [0.2, 0.25) is 0 Å². The van der Waals surface area contributed by atoms with E-state index in [0.717, 1.165) is 11.1 Å². The third-order valence-corrected chi connectivity index (χ3v) is 7.53. The number of alkyl halides is 1. The Bertz CT molecular complexity index is 856. The number of ketones is 1. The van der Waals surface area contributed by atoms with E-state index in [-0.39, 0.29) is 16.4 Å². The van der Waals surface area contributed by atoms with Crippen LogP contribution in [0, 0.1) is 6.92 Å². The second-order valence-electron chi connectivity index (χ2n) is 6.02. The van der Waals surface area contributed by atoms with E-state index in [1.165, 1.54) is 0 Å². The second kappa shape index (κ2) is 5.87. The molecular weight excluding hydrogens is 376 g/mol. The minimum Gasteiger partial charge on any atom is -0.293 e. The fourth-order valence-electron chi connectivity index (χ4n) is 2.92. The van der Waals surface area contributed by atoms with Gasteiger partial charge in [-0.05, 0) is 37.5 Å². The van der Waals surface area contributed by atoms with Crippen molar-refractivity contribution >= 4 is 31.6 Å². The topological polar surface area (TPSA) is 51.2 Å². The number of Topliss-reactive ketones (excluding diaryl/α,β-unsaturated/α-hetero) is 1. The molecule has 0 saturated carbocycles. The molecular formula is C18H17BrO3S. The molecule has 120 valence electrons. The average Bonchev–Trinajstić information content (AvgIpc) is 2.52. The lowest BCUT2D eigenvalue weighted by Gasteiger charge is -2.31. The highest BCUT2D eigenvalue weighted by molar-refractivity contribution is 9.10. The molecule has 5 heteroatoms. The van der Waals surface area contributed by atoms with E-state index in [1.807, 2.05) is 25.1 Å². The van der Waals surface area contributed by atoms with E-state index in [2.05, 4.69) is 15.9 Å². The van der Waals surface area contributed by atoms with Crippen LogP contribution in [0.1, 0.15) is 27.9 Å². The Hall–Kier alpha value is -1.46. The molecule has 0 spiro atoms. The van der Waals surface area contributed by atoms with Crippen molar-refractivity contribution in [1.29, 1.82) is 0 Å². The Labute approximate surface area is 144 Å². The van der Waals surface area contributed by atoms with Crippen LogP contribution >= 0.6 is 15.9 Å². The smallest absolute Gasteiger partial charge is 0.180 e. The predicted octanol–water partition coefficient (Wildman–Crippen LogP) is 3.73. The van der Waals surface area contributed by atoms with Gasteiger partial charge in [-0.1, -0.05) is 57.9 Å². The minimum absolute atomic E-state index is 0.143. The first-order valence-electron chi connectivity index (χ1n) is 7.43. The predicted molar refractivity (Wildman–Crippen MR) is 94.0 cm³/mol. The molecule has 2 aromatic carbocycles. The highest BCUT2D eigenvalue weighted by Crippen LogP contribution is 2.37. The van der Waals surface area contributed by atoms with Gasteiger partial charge in [-0.15, -0.1) is 0 Å². The van der Waals surface area contributed by atoms with Gasteiger partial charge in [0.1, 0.15) is 4.32 Å². The average molecular weight is 393 g/mol. The number of carbonyl (C=O) groups excluding carboxylic acids is 1. The van der Waals surface area contributed by atoms with Gasteiger partial charge >= 0.3 is 0 Å². The second-order valence-corrected chi connectivity index (χ2v) is 9.53. The Kier molecular flexibility index (Phi) is 4.19. The van der Waals surface area contributed by atoms with Crippen LogP contribution in [0.2, 0.25) is 0 Å². The summed E-state index contributed by atoms with van der Waals surface area (Å²) in [6.45, 7) is 1.91. The van der Waals surface area contributed by atoms with Crippen molar-refractivity contribution in [3.63, 3.8) is 0 Å². The van der Waals surface area contributed by atoms with Crippen molar-refractivity contribution in [2.75, 3.05) is 5.75 Å². The Balaban J connectivity index is 1.93. The maximum absolute atomic E-state index is 12.8. The van der Waals surface area contributed by atoms with E-state index in [1.54, 1.807) is 30.3 Å². The molecule has 0 radical (unpaired) electrons. The molecule has 1 aliphatic carbocycles. The number of halogens is 1. The van der Waals surface area contributed by atoms with Crippen molar-refractivity contribution in [1.82, 2.24) is 0 Å². The van der Waals surface area contributed by atoms with Gasteiger partial charge in [0.15, 0.2) is 15.6 Å². The van der Waals surface area contributed by atoms with Crippen molar-refractivity contribution in [3.05, 3.63) is 65.2 Å². The Morgan fingerprint density at radius 2 is 1.74 bits per heavy atom. The molecule has 1 aliphatic rings. The number of rotatable bonds is 3. The lowest BCUT2D eigenvalue weighted by Crippen LogP contribution is -2.43. The molecule has 0 bridgehead atoms. The first-order valence-corrected chi connectivity index (χ1v) is 9.87. The van der Waals surface area contributed by atoms with Gasteiger partial charge in [-0.3, -0.25) is 4.79 Å². The highest BCUT2D eigenvalue weighted by Gasteiger charge is 2.43. The summed E-state index contributed by atoms with van der Waals surface area (Å²) < 4.78 is 24.3. The van der Waals surface area contributed by atoms with E-state index in [9.17, 15) is 13.2 Å². The molecule has 0 saturated heterocycles. The van der Waals surface area contributed by atoms with Crippen LogP contribution < -0.4 is 0 Å². The third kappa shape index (κ3) is 3.12. The number of fused-ring (bicyclic) bond motifs is 1. The van der Waals surface area contributed by atoms with E-state index >= 15 is 0 Å². The molecule has 0 fully saturated rings. The van der Waals surface area contributed by atoms with Gasteiger partial charge < -0.3 is 0 Å². The fourth-order valence-corrected chi connectivity index (χ4v) is 5.83. The van der Waals surface area contributed by atoms with E-state index in [4.69, 9.17) is 0 Å². The molecule has 0 heterocycles. The first-order chi connectivity index (χ1) is 10.8. The summed E-state index contributed by atoms with van der Waals surface area (Å²) in [4.78, 5) is 13.0. The van der Waals surface area contributed by atoms with Crippen LogP contribution in [0.4, 0.5) is 0 Å². The summed E-state index contributed by atoms with van der Waals surface area (Å²) >= 11 is 3.45. The van der Waals surface area contributed by atoms with E-state index in [0.29, 0.717) is 18.4 Å². The van der Waals surface area contributed by atoms with Crippen molar-refractivity contribution < 1.29 is 13.2 Å². The van der Waals surface area contributed by atoms with Gasteiger partial charge in [-0.25, -0.2) is 8.42 Å². The molecule has 0 N–H and O–H groups in total. The van der Waals surface area contributed by atoms with Gasteiger partial charge in [0.05, 0.1) is 10.6 Å². The standard InChI is InChI=1S/C18H17BrO3S/c1-13-6-8-15(9-7-13)23(21,22)12-18(19)11-10-14-4-2-3-5-16(14)17(18)20/h2-9H,10-12H2,1H3/t18-/m1/s1. The summed E-state index contributed by atoms with van der Waals surface area (Å²) in [5.41, 5.74) is 2.61. The third-order valence-electron chi connectivity index (χ3n) is 4.26. The summed E-state index contributed by atoms with van der Waals surface area (Å²) in [5.74, 6) is -0.369. The molecule has 1 atom stereocenters. The van der Waals surface area contributed by atoms with Crippen molar-refractivity contribution in [3.8, 4) is 0 Å². The fraction of sp³-hybridized carbons (Fsp3) is 0.278. The summed E-state index contributed by atoms with van der Waals surface area (Å²) in [6, 6.07) is 14.1. The first kappa shape index (κ1) is 16.4. The summed E-state index contributed by atoms with van der Waals surface area (Å²) in [7, 11) is -3.54. The summed E-state index contributed by atoms with van der Waals surface area (Å²) in [5, 5.41) is 0. The molecule has 0 aromatic heterocycles. The molecule has 3 nitrogen and oxygen atoms in total. The van der Waals surface area contributed by atoms with Crippen LogP contribution in [0.5, 0.6) is 0 Å². The number of sulfone groups is 1. The summed E-state index contributed by atoms with van der Waals surface area (Å²) in [6.07, 6.45) is 1.17. The zero-order chi connectivity index (χ0) is 16.7. The zero-order valence-electron chi connectivity index (χ0n) is 12.8. The lowest BCUT2D eigenvalue weighted by atomic mass is 9.83. The number of benzene rings is 2. The molecule has 0 unspecified atom stereocenters. The van der Waals surface area contributed by atoms with E-state index < -0.39 is 14.2 Å². The highest BCUT2D eigenvalue weighted by atomic mass is 79.9. The maximum atomic E-state index is 12.8. The van der Waals surface area contributed by atoms with Crippen LogP contribution in [-0.4, -0.2) is 24.3 Å². The molecule has 23 heavy (non-hydrogen) atoms. The van der Waals surface area contributed by atoms with Crippen LogP contribution in [-0.2, 0) is 16.3 Å². The number of hydrogen-bond donors (Lipinski definition) is 0. The van der Waals surface area contributed by atoms with Crippen LogP contribution in [0.3, 0.4) is 0 Å². The Morgan fingerprint density at radius 3 is 2.43 bits per heavy atom. The van der Waals surface area contributed by atoms with Crippen molar-refractivity contribution in [2.24, 2.45) is 0 Å². The van der Waals surface area contributed by atoms with Gasteiger partial charge in [0.25, 0.3) is 0 Å². The monoisotopic (exact) mass is 392 g/mol. The largest absolute Gasteiger partial charge is 0.293 e. The number of aryl methyl sites for hydroxylation is 2.